The van der Waals surface area contributed by atoms with E-state index in [2.05, 4.69) is 27.4 Å². The van der Waals surface area contributed by atoms with Crippen molar-refractivity contribution in [3.8, 4) is 11.5 Å². The van der Waals surface area contributed by atoms with Crippen molar-refractivity contribution in [3.05, 3.63) is 72.6 Å². The van der Waals surface area contributed by atoms with Gasteiger partial charge in [0.2, 0.25) is 5.91 Å². The summed E-state index contributed by atoms with van der Waals surface area (Å²) in [6, 6.07) is 12.9. The van der Waals surface area contributed by atoms with Crippen LogP contribution in [0.1, 0.15) is 22.2 Å². The Balaban J connectivity index is 1.70. The first kappa shape index (κ1) is 25.8. The van der Waals surface area contributed by atoms with Crippen LogP contribution in [0.4, 0.5) is 5.69 Å². The van der Waals surface area contributed by atoms with Crippen LogP contribution in [0.3, 0.4) is 0 Å². The van der Waals surface area contributed by atoms with Crippen LogP contribution in [0.15, 0.2) is 66.3 Å². The van der Waals surface area contributed by atoms with Gasteiger partial charge in [0.25, 0.3) is 5.91 Å². The van der Waals surface area contributed by atoms with Crippen LogP contribution in [0, 0.1) is 0 Å². The number of benzene rings is 2. The summed E-state index contributed by atoms with van der Waals surface area (Å²) < 4.78 is 12.1. The Hall–Kier alpha value is -3.83. The molecule has 0 bridgehead atoms. The minimum atomic E-state index is -0.811. The monoisotopic (exact) mass is 497 g/mol. The van der Waals surface area contributed by atoms with E-state index in [1.807, 2.05) is 6.07 Å². The molecule has 0 aliphatic carbocycles. The topological polar surface area (TPSA) is 128 Å². The van der Waals surface area contributed by atoms with Gasteiger partial charge in [-0.2, -0.15) is 0 Å². The maximum absolute atomic E-state index is 12.7. The van der Waals surface area contributed by atoms with Crippen molar-refractivity contribution in [2.75, 3.05) is 31.9 Å². The quantitative estimate of drug-likeness (QED) is 0.257. The summed E-state index contributed by atoms with van der Waals surface area (Å²) in [5.74, 6) is 0.964. The number of aliphatic hydroxyl groups excluding tert-OH is 1. The van der Waals surface area contributed by atoms with Gasteiger partial charge in [0, 0.05) is 12.1 Å². The molecule has 0 saturated carbocycles. The van der Waals surface area contributed by atoms with E-state index in [1.54, 1.807) is 60.2 Å². The zero-order valence-corrected chi connectivity index (χ0v) is 20.2. The largest absolute Gasteiger partial charge is 0.497 e. The van der Waals surface area contributed by atoms with Gasteiger partial charge in [0.05, 0.1) is 32.3 Å². The smallest absolute Gasteiger partial charge is 0.251 e. The number of thioether (sulfide) groups is 1. The van der Waals surface area contributed by atoms with Gasteiger partial charge in [-0.15, -0.1) is 16.8 Å². The molecule has 2 aromatic carbocycles. The maximum atomic E-state index is 12.7. The molecule has 0 saturated heterocycles. The minimum absolute atomic E-state index is 0.0648. The average molecular weight is 498 g/mol. The lowest BCUT2D eigenvalue weighted by molar-refractivity contribution is -0.113. The third-order valence-electron chi connectivity index (χ3n) is 4.92. The number of rotatable bonds is 12. The fourth-order valence-corrected chi connectivity index (χ4v) is 3.96. The molecule has 3 rings (SSSR count). The summed E-state index contributed by atoms with van der Waals surface area (Å²) in [5.41, 5.74) is 0.970. The van der Waals surface area contributed by atoms with Crippen molar-refractivity contribution < 1.29 is 24.2 Å². The Morgan fingerprint density at radius 2 is 1.89 bits per heavy atom. The molecule has 0 aliphatic heterocycles. The van der Waals surface area contributed by atoms with Gasteiger partial charge in [-0.3, -0.25) is 9.59 Å². The number of carbonyl (C=O) groups excluding carboxylic acids is 2. The molecule has 35 heavy (non-hydrogen) atoms. The summed E-state index contributed by atoms with van der Waals surface area (Å²) in [5, 5.41) is 24.3. The normalized spacial score (nSPS) is 11.4. The number of hydrogen-bond acceptors (Lipinski definition) is 8. The molecule has 3 aromatic rings. The van der Waals surface area contributed by atoms with Gasteiger partial charge in [-0.1, -0.05) is 30.0 Å². The number of aromatic nitrogens is 3. The number of nitrogens with zero attached hydrogens (tertiary/aromatic N) is 3. The lowest BCUT2D eigenvalue weighted by atomic mass is 10.2. The molecule has 1 heterocycles. The number of allylic oxidation sites excluding steroid dienone is 1. The first-order chi connectivity index (χ1) is 17.0. The van der Waals surface area contributed by atoms with Gasteiger partial charge >= 0.3 is 0 Å². The van der Waals surface area contributed by atoms with Crippen LogP contribution < -0.4 is 20.1 Å². The van der Waals surface area contributed by atoms with Crippen molar-refractivity contribution in [3.63, 3.8) is 0 Å². The fraction of sp³-hybridized carbons (Fsp3) is 0.250. The molecular formula is C24H27N5O5S. The molecule has 184 valence electrons. The van der Waals surface area contributed by atoms with Crippen molar-refractivity contribution in [2.24, 2.45) is 0 Å². The maximum Gasteiger partial charge on any atom is 0.251 e. The van der Waals surface area contributed by atoms with Gasteiger partial charge in [0.15, 0.2) is 11.0 Å². The highest BCUT2D eigenvalue weighted by atomic mass is 32.2. The Morgan fingerprint density at radius 3 is 2.54 bits per heavy atom. The van der Waals surface area contributed by atoms with Crippen LogP contribution in [-0.4, -0.2) is 58.3 Å². The third kappa shape index (κ3) is 6.61. The highest BCUT2D eigenvalue weighted by Crippen LogP contribution is 2.25. The minimum Gasteiger partial charge on any atom is -0.497 e. The average Bonchev–Trinajstić information content (AvgIpc) is 3.28. The number of methoxy groups -OCH3 is 2. The fourth-order valence-electron chi connectivity index (χ4n) is 3.21. The number of hydrogen-bond donors (Lipinski definition) is 3. The number of amides is 2. The molecule has 1 aromatic heterocycles. The summed E-state index contributed by atoms with van der Waals surface area (Å²) >= 11 is 1.18. The SMILES string of the molecule is C=CCn1c(SCC(=O)Nc2ccccc2OC)nnc1C(CO)NC(=O)c1ccc(OC)cc1. The Kier molecular flexibility index (Phi) is 9.27. The predicted molar refractivity (Wildman–Crippen MR) is 133 cm³/mol. The Morgan fingerprint density at radius 1 is 1.14 bits per heavy atom. The van der Waals surface area contributed by atoms with E-state index in [4.69, 9.17) is 9.47 Å². The predicted octanol–water partition coefficient (Wildman–Crippen LogP) is 2.68. The first-order valence-electron chi connectivity index (χ1n) is 10.7. The van der Waals surface area contributed by atoms with E-state index >= 15 is 0 Å². The van der Waals surface area contributed by atoms with Crippen molar-refractivity contribution >= 4 is 29.3 Å². The lowest BCUT2D eigenvalue weighted by Crippen LogP contribution is -2.33. The second kappa shape index (κ2) is 12.6. The molecule has 0 radical (unpaired) electrons. The summed E-state index contributed by atoms with van der Waals surface area (Å²) in [7, 11) is 3.07. The van der Waals surface area contributed by atoms with Crippen molar-refractivity contribution in [1.82, 2.24) is 20.1 Å². The summed E-state index contributed by atoms with van der Waals surface area (Å²) in [6.07, 6.45) is 1.64. The number of ether oxygens (including phenoxy) is 2. The van der Waals surface area contributed by atoms with Crippen LogP contribution in [0.5, 0.6) is 11.5 Å². The standard InChI is InChI=1S/C24H27N5O5S/c1-4-13-29-22(19(14-30)26-23(32)16-9-11-17(33-2)12-10-16)27-28-24(29)35-15-21(31)25-18-7-5-6-8-20(18)34-3/h4-12,19,30H,1,13-15H2,2-3H3,(H,25,31)(H,26,32). The van der Waals surface area contributed by atoms with Crippen LogP contribution in [0.2, 0.25) is 0 Å². The molecule has 0 fully saturated rings. The number of nitrogens with one attached hydrogen (secondary N) is 2. The first-order valence-corrected chi connectivity index (χ1v) is 11.6. The molecule has 3 N–H and O–H groups in total. The van der Waals surface area contributed by atoms with Gasteiger partial charge < -0.3 is 29.8 Å². The molecule has 10 nitrogen and oxygen atoms in total. The van der Waals surface area contributed by atoms with E-state index < -0.39 is 12.6 Å². The van der Waals surface area contributed by atoms with Crippen LogP contribution >= 0.6 is 11.8 Å². The van der Waals surface area contributed by atoms with Crippen molar-refractivity contribution in [1.29, 1.82) is 0 Å². The zero-order valence-electron chi connectivity index (χ0n) is 19.4. The lowest BCUT2D eigenvalue weighted by Gasteiger charge is -2.17. The zero-order chi connectivity index (χ0) is 25.2. The highest BCUT2D eigenvalue weighted by molar-refractivity contribution is 7.99. The number of carbonyl (C=O) groups is 2. The molecule has 11 heteroatoms. The third-order valence-corrected chi connectivity index (χ3v) is 5.89. The van der Waals surface area contributed by atoms with Gasteiger partial charge in [-0.25, -0.2) is 0 Å². The number of para-hydroxylation sites is 2. The van der Waals surface area contributed by atoms with E-state index in [0.717, 1.165) is 0 Å². The molecule has 1 atom stereocenters. The van der Waals surface area contributed by atoms with Crippen LogP contribution in [0.25, 0.3) is 0 Å². The van der Waals surface area contributed by atoms with E-state index in [1.165, 1.54) is 18.9 Å². The molecule has 0 spiro atoms. The molecule has 2 amide bonds. The van der Waals surface area contributed by atoms with Gasteiger partial charge in [0.1, 0.15) is 17.5 Å². The number of aliphatic hydroxyl groups is 1. The van der Waals surface area contributed by atoms with E-state index in [9.17, 15) is 14.7 Å². The molecule has 1 unspecified atom stereocenters. The molecule has 0 aliphatic rings. The highest BCUT2D eigenvalue weighted by Gasteiger charge is 2.23. The Bertz CT molecular complexity index is 1170. The molecular weight excluding hydrogens is 470 g/mol. The van der Waals surface area contributed by atoms with Crippen LogP contribution in [-0.2, 0) is 11.3 Å². The van der Waals surface area contributed by atoms with Gasteiger partial charge in [-0.05, 0) is 36.4 Å². The summed E-state index contributed by atoms with van der Waals surface area (Å²) in [4.78, 5) is 25.2. The Labute approximate surface area is 207 Å². The summed E-state index contributed by atoms with van der Waals surface area (Å²) in [6.45, 7) is 3.69. The van der Waals surface area contributed by atoms with E-state index in [-0.39, 0.29) is 17.6 Å². The second-order valence-electron chi connectivity index (χ2n) is 7.21. The van der Waals surface area contributed by atoms with E-state index in [0.29, 0.717) is 40.3 Å². The van der Waals surface area contributed by atoms with Crippen molar-refractivity contribution in [2.45, 2.75) is 17.7 Å². The second-order valence-corrected chi connectivity index (χ2v) is 8.16. The number of anilines is 1.